The highest BCUT2D eigenvalue weighted by atomic mass is 79.9. The van der Waals surface area contributed by atoms with Gasteiger partial charge in [-0.1, -0.05) is 30.3 Å². The smallest absolute Gasteiger partial charge is 0.337 e. The standard InChI is InChI=1S/C15H13BrO2S/c1-10-5-2-3-6-11(10)9-19-13-8-4-7-12(16)14(13)15(17)18/h2-8H,9H2,1H3,(H,17,18). The first-order chi connectivity index (χ1) is 9.09. The number of aryl methyl sites for hydroxylation is 1. The molecule has 0 spiro atoms. The number of benzene rings is 2. The van der Waals surface area contributed by atoms with Crippen LogP contribution in [0.2, 0.25) is 0 Å². The van der Waals surface area contributed by atoms with Crippen LogP contribution in [0.5, 0.6) is 0 Å². The van der Waals surface area contributed by atoms with E-state index in [9.17, 15) is 9.90 Å². The molecule has 0 unspecified atom stereocenters. The van der Waals surface area contributed by atoms with E-state index in [4.69, 9.17) is 0 Å². The summed E-state index contributed by atoms with van der Waals surface area (Å²) in [6.07, 6.45) is 0. The molecule has 0 saturated heterocycles. The van der Waals surface area contributed by atoms with Gasteiger partial charge in [0.1, 0.15) is 0 Å². The quantitative estimate of drug-likeness (QED) is 0.818. The highest BCUT2D eigenvalue weighted by molar-refractivity contribution is 9.10. The molecule has 0 aliphatic heterocycles. The van der Waals surface area contributed by atoms with E-state index in [1.54, 1.807) is 17.8 Å². The molecular weight excluding hydrogens is 324 g/mol. The predicted molar refractivity (Wildman–Crippen MR) is 81.8 cm³/mol. The van der Waals surface area contributed by atoms with Gasteiger partial charge in [0, 0.05) is 15.1 Å². The molecule has 0 bridgehead atoms. The summed E-state index contributed by atoms with van der Waals surface area (Å²) in [6.45, 7) is 2.06. The zero-order valence-corrected chi connectivity index (χ0v) is 12.8. The van der Waals surface area contributed by atoms with E-state index in [1.165, 1.54) is 11.1 Å². The van der Waals surface area contributed by atoms with Crippen LogP contribution >= 0.6 is 27.7 Å². The molecule has 0 radical (unpaired) electrons. The van der Waals surface area contributed by atoms with Crippen LogP contribution < -0.4 is 0 Å². The van der Waals surface area contributed by atoms with Crippen molar-refractivity contribution in [3.05, 3.63) is 63.6 Å². The van der Waals surface area contributed by atoms with Gasteiger partial charge >= 0.3 is 5.97 Å². The van der Waals surface area contributed by atoms with Crippen molar-refractivity contribution in [2.45, 2.75) is 17.6 Å². The van der Waals surface area contributed by atoms with E-state index in [-0.39, 0.29) is 0 Å². The highest BCUT2D eigenvalue weighted by Gasteiger charge is 2.14. The number of carboxylic acids is 1. The fourth-order valence-electron chi connectivity index (χ4n) is 1.76. The summed E-state index contributed by atoms with van der Waals surface area (Å²) in [5, 5.41) is 9.25. The van der Waals surface area contributed by atoms with Gasteiger partial charge in [-0.2, -0.15) is 0 Å². The van der Waals surface area contributed by atoms with Crippen LogP contribution in [-0.2, 0) is 5.75 Å². The maximum Gasteiger partial charge on any atom is 0.337 e. The van der Waals surface area contributed by atoms with Crippen molar-refractivity contribution in [1.29, 1.82) is 0 Å². The Morgan fingerprint density at radius 1 is 1.21 bits per heavy atom. The molecule has 2 aromatic carbocycles. The number of carbonyl (C=O) groups is 1. The van der Waals surface area contributed by atoms with Crippen LogP contribution in [0.1, 0.15) is 21.5 Å². The Balaban J connectivity index is 2.23. The molecule has 1 N–H and O–H groups in total. The molecule has 2 rings (SSSR count). The van der Waals surface area contributed by atoms with Crippen LogP contribution in [0.25, 0.3) is 0 Å². The fourth-order valence-corrected chi connectivity index (χ4v) is 3.58. The molecule has 0 aliphatic rings. The van der Waals surface area contributed by atoms with Crippen molar-refractivity contribution in [3.63, 3.8) is 0 Å². The number of aromatic carboxylic acids is 1. The zero-order valence-electron chi connectivity index (χ0n) is 10.4. The summed E-state index contributed by atoms with van der Waals surface area (Å²) in [7, 11) is 0. The molecule has 0 saturated carbocycles. The Kier molecular flexibility index (Phi) is 4.66. The van der Waals surface area contributed by atoms with Crippen molar-refractivity contribution < 1.29 is 9.90 Å². The van der Waals surface area contributed by atoms with Crippen molar-refractivity contribution in [2.24, 2.45) is 0 Å². The second kappa shape index (κ2) is 6.26. The molecule has 98 valence electrons. The molecule has 0 aliphatic carbocycles. The average Bonchev–Trinajstić information content (AvgIpc) is 2.37. The SMILES string of the molecule is Cc1ccccc1CSc1cccc(Br)c1C(=O)O. The molecule has 4 heteroatoms. The molecule has 0 heterocycles. The molecule has 0 amide bonds. The number of carboxylic acid groups (broad SMARTS) is 1. The third-order valence-corrected chi connectivity index (χ3v) is 4.60. The zero-order chi connectivity index (χ0) is 13.8. The van der Waals surface area contributed by atoms with Crippen molar-refractivity contribution >= 4 is 33.7 Å². The molecule has 2 nitrogen and oxygen atoms in total. The fraction of sp³-hybridized carbons (Fsp3) is 0.133. The van der Waals surface area contributed by atoms with Gasteiger partial charge in [0.2, 0.25) is 0 Å². The van der Waals surface area contributed by atoms with Gasteiger partial charge in [-0.3, -0.25) is 0 Å². The Bertz CT molecular complexity index is 611. The second-order valence-electron chi connectivity index (χ2n) is 4.13. The van der Waals surface area contributed by atoms with E-state index in [0.717, 1.165) is 10.6 Å². The lowest BCUT2D eigenvalue weighted by Crippen LogP contribution is -2.00. The molecule has 2 aromatic rings. The summed E-state index contributed by atoms with van der Waals surface area (Å²) in [4.78, 5) is 12.1. The minimum Gasteiger partial charge on any atom is -0.478 e. The maximum atomic E-state index is 11.3. The van der Waals surface area contributed by atoms with Crippen LogP contribution in [0.3, 0.4) is 0 Å². The van der Waals surface area contributed by atoms with Gasteiger partial charge in [-0.25, -0.2) is 4.79 Å². The van der Waals surface area contributed by atoms with E-state index in [1.807, 2.05) is 24.3 Å². The van der Waals surface area contributed by atoms with Gasteiger partial charge in [0.25, 0.3) is 0 Å². The Hall–Kier alpha value is -1.26. The first-order valence-electron chi connectivity index (χ1n) is 5.78. The molecule has 0 atom stereocenters. The van der Waals surface area contributed by atoms with Crippen LogP contribution in [-0.4, -0.2) is 11.1 Å². The van der Waals surface area contributed by atoms with E-state index in [2.05, 4.69) is 35.0 Å². The Labute approximate surface area is 125 Å². The van der Waals surface area contributed by atoms with Crippen molar-refractivity contribution in [2.75, 3.05) is 0 Å². The minimum absolute atomic E-state index is 0.334. The summed E-state index contributed by atoms with van der Waals surface area (Å²) >= 11 is 4.84. The summed E-state index contributed by atoms with van der Waals surface area (Å²) in [5.41, 5.74) is 2.78. The summed E-state index contributed by atoms with van der Waals surface area (Å²) in [5.74, 6) is -0.136. The third-order valence-electron chi connectivity index (χ3n) is 2.83. The van der Waals surface area contributed by atoms with Gasteiger partial charge in [-0.15, -0.1) is 11.8 Å². The Morgan fingerprint density at radius 2 is 1.95 bits per heavy atom. The second-order valence-corrected chi connectivity index (χ2v) is 6.00. The number of hydrogen-bond donors (Lipinski definition) is 1. The predicted octanol–water partition coefficient (Wildman–Crippen LogP) is 4.75. The van der Waals surface area contributed by atoms with Gasteiger partial charge < -0.3 is 5.11 Å². The van der Waals surface area contributed by atoms with Crippen LogP contribution in [0.4, 0.5) is 0 Å². The summed E-state index contributed by atoms with van der Waals surface area (Å²) in [6, 6.07) is 13.6. The monoisotopic (exact) mass is 336 g/mol. The lowest BCUT2D eigenvalue weighted by Gasteiger charge is -2.09. The molecule has 0 fully saturated rings. The molecule has 19 heavy (non-hydrogen) atoms. The molecular formula is C15H13BrO2S. The normalized spacial score (nSPS) is 10.4. The lowest BCUT2D eigenvalue weighted by atomic mass is 10.1. The first-order valence-corrected chi connectivity index (χ1v) is 7.56. The van der Waals surface area contributed by atoms with Crippen LogP contribution in [0, 0.1) is 6.92 Å². The summed E-state index contributed by atoms with van der Waals surface area (Å²) < 4.78 is 0.620. The largest absolute Gasteiger partial charge is 0.478 e. The van der Waals surface area contributed by atoms with E-state index >= 15 is 0 Å². The topological polar surface area (TPSA) is 37.3 Å². The lowest BCUT2D eigenvalue weighted by molar-refractivity contribution is 0.0692. The third kappa shape index (κ3) is 3.39. The van der Waals surface area contributed by atoms with Gasteiger partial charge in [0.05, 0.1) is 5.56 Å². The van der Waals surface area contributed by atoms with Crippen molar-refractivity contribution in [1.82, 2.24) is 0 Å². The highest BCUT2D eigenvalue weighted by Crippen LogP contribution is 2.31. The number of halogens is 1. The van der Waals surface area contributed by atoms with Crippen molar-refractivity contribution in [3.8, 4) is 0 Å². The van der Waals surface area contributed by atoms with Gasteiger partial charge in [0.15, 0.2) is 0 Å². The first kappa shape index (κ1) is 14.2. The Morgan fingerprint density at radius 3 is 2.63 bits per heavy atom. The minimum atomic E-state index is -0.903. The number of thioether (sulfide) groups is 1. The maximum absolute atomic E-state index is 11.3. The van der Waals surface area contributed by atoms with E-state index < -0.39 is 5.97 Å². The van der Waals surface area contributed by atoms with Crippen LogP contribution in [0.15, 0.2) is 51.8 Å². The van der Waals surface area contributed by atoms with E-state index in [0.29, 0.717) is 10.0 Å². The average molecular weight is 337 g/mol. The number of rotatable bonds is 4. The molecule has 0 aromatic heterocycles. The number of hydrogen-bond acceptors (Lipinski definition) is 2. The van der Waals surface area contributed by atoms with Gasteiger partial charge in [-0.05, 0) is 46.1 Å².